The highest BCUT2D eigenvalue weighted by Crippen LogP contribution is 2.28. The molecule has 0 spiro atoms. The van der Waals surface area contributed by atoms with Crippen LogP contribution >= 0.6 is 11.6 Å². The number of rotatable bonds is 6. The van der Waals surface area contributed by atoms with Crippen LogP contribution in [0.15, 0.2) is 30.9 Å². The van der Waals surface area contributed by atoms with Crippen LogP contribution in [0, 0.1) is 0 Å². The molecule has 0 radical (unpaired) electrons. The van der Waals surface area contributed by atoms with Gasteiger partial charge in [0.05, 0.1) is 11.6 Å². The van der Waals surface area contributed by atoms with E-state index < -0.39 is 0 Å². The van der Waals surface area contributed by atoms with Crippen molar-refractivity contribution in [2.24, 2.45) is 5.73 Å². The summed E-state index contributed by atoms with van der Waals surface area (Å²) < 4.78 is 5.60. The lowest BCUT2D eigenvalue weighted by atomic mass is 10.2. The van der Waals surface area contributed by atoms with E-state index in [2.05, 4.69) is 6.58 Å². The Morgan fingerprint density at radius 1 is 1.47 bits per heavy atom. The average Bonchev–Trinajstić information content (AvgIpc) is 2.26. The van der Waals surface area contributed by atoms with E-state index in [1.165, 1.54) is 0 Å². The molecule has 2 N–H and O–H groups in total. The van der Waals surface area contributed by atoms with Crippen LogP contribution in [-0.2, 0) is 6.54 Å². The lowest BCUT2D eigenvalue weighted by Gasteiger charge is -2.11. The fourth-order valence-corrected chi connectivity index (χ4v) is 1.53. The molecule has 1 aromatic rings. The Kier molecular flexibility index (Phi) is 5.22. The van der Waals surface area contributed by atoms with Gasteiger partial charge in [-0.1, -0.05) is 29.8 Å². The minimum absolute atomic E-state index is 0.442. The van der Waals surface area contributed by atoms with Crippen molar-refractivity contribution < 1.29 is 4.74 Å². The summed E-state index contributed by atoms with van der Waals surface area (Å²) in [6, 6.07) is 5.61. The number of halogens is 1. The van der Waals surface area contributed by atoms with Crippen molar-refractivity contribution in [3.63, 3.8) is 0 Å². The minimum Gasteiger partial charge on any atom is -0.492 e. The normalized spacial score (nSPS) is 10.0. The van der Waals surface area contributed by atoms with Crippen molar-refractivity contribution in [1.82, 2.24) is 0 Å². The molecule has 1 aromatic carbocycles. The SMILES string of the molecule is C=CCCCOc1c(Cl)cccc1CN. The molecule has 0 aliphatic carbocycles. The fourth-order valence-electron chi connectivity index (χ4n) is 1.28. The summed E-state index contributed by atoms with van der Waals surface area (Å²) in [4.78, 5) is 0. The molecule has 0 saturated heterocycles. The Labute approximate surface area is 95.7 Å². The van der Waals surface area contributed by atoms with E-state index in [-0.39, 0.29) is 0 Å². The molecular formula is C12H16ClNO. The average molecular weight is 226 g/mol. The molecule has 2 nitrogen and oxygen atoms in total. The summed E-state index contributed by atoms with van der Waals surface area (Å²) in [5.41, 5.74) is 6.54. The van der Waals surface area contributed by atoms with E-state index in [4.69, 9.17) is 22.1 Å². The third kappa shape index (κ3) is 3.57. The Morgan fingerprint density at radius 2 is 2.27 bits per heavy atom. The van der Waals surface area contributed by atoms with Crippen LogP contribution in [0.2, 0.25) is 5.02 Å². The Morgan fingerprint density at radius 3 is 2.93 bits per heavy atom. The molecule has 0 aromatic heterocycles. The Hall–Kier alpha value is -0.990. The van der Waals surface area contributed by atoms with Crippen molar-refractivity contribution in [3.8, 4) is 5.75 Å². The lowest BCUT2D eigenvalue weighted by molar-refractivity contribution is 0.309. The predicted octanol–water partition coefficient (Wildman–Crippen LogP) is 3.14. The molecule has 0 bridgehead atoms. The van der Waals surface area contributed by atoms with Crippen molar-refractivity contribution >= 4 is 11.6 Å². The first-order valence-corrected chi connectivity index (χ1v) is 5.38. The maximum absolute atomic E-state index is 6.02. The van der Waals surface area contributed by atoms with Crippen LogP contribution in [0.3, 0.4) is 0 Å². The van der Waals surface area contributed by atoms with Gasteiger partial charge in [0, 0.05) is 12.1 Å². The van der Waals surface area contributed by atoms with Gasteiger partial charge in [-0.15, -0.1) is 6.58 Å². The van der Waals surface area contributed by atoms with Crippen LogP contribution in [0.1, 0.15) is 18.4 Å². The summed E-state index contributed by atoms with van der Waals surface area (Å²) >= 11 is 6.02. The van der Waals surface area contributed by atoms with E-state index in [9.17, 15) is 0 Å². The highest BCUT2D eigenvalue weighted by atomic mass is 35.5. The highest BCUT2D eigenvalue weighted by Gasteiger charge is 2.06. The van der Waals surface area contributed by atoms with Gasteiger partial charge < -0.3 is 10.5 Å². The number of para-hydroxylation sites is 1. The maximum atomic E-state index is 6.02. The van der Waals surface area contributed by atoms with Gasteiger partial charge in [0.2, 0.25) is 0 Å². The van der Waals surface area contributed by atoms with Gasteiger partial charge in [-0.05, 0) is 18.9 Å². The van der Waals surface area contributed by atoms with E-state index in [1.807, 2.05) is 24.3 Å². The molecule has 0 atom stereocenters. The largest absolute Gasteiger partial charge is 0.492 e. The summed E-state index contributed by atoms with van der Waals surface area (Å²) in [5, 5.41) is 0.622. The van der Waals surface area contributed by atoms with Crippen molar-refractivity contribution in [2.45, 2.75) is 19.4 Å². The molecule has 0 aliphatic rings. The first kappa shape index (κ1) is 12.1. The Balaban J connectivity index is 2.61. The van der Waals surface area contributed by atoms with E-state index in [0.717, 1.165) is 18.4 Å². The first-order chi connectivity index (χ1) is 7.29. The monoisotopic (exact) mass is 225 g/mol. The zero-order valence-electron chi connectivity index (χ0n) is 8.71. The molecule has 0 unspecified atom stereocenters. The minimum atomic E-state index is 0.442. The molecule has 0 saturated carbocycles. The Bertz CT molecular complexity index is 325. The number of hydrogen-bond donors (Lipinski definition) is 1. The van der Waals surface area contributed by atoms with Crippen LogP contribution in [0.4, 0.5) is 0 Å². The van der Waals surface area contributed by atoms with Crippen molar-refractivity contribution in [2.75, 3.05) is 6.61 Å². The zero-order chi connectivity index (χ0) is 11.1. The lowest BCUT2D eigenvalue weighted by Crippen LogP contribution is -2.04. The summed E-state index contributed by atoms with van der Waals surface area (Å²) in [5.74, 6) is 0.714. The van der Waals surface area contributed by atoms with E-state index >= 15 is 0 Å². The first-order valence-electron chi connectivity index (χ1n) is 5.00. The third-order valence-corrected chi connectivity index (χ3v) is 2.37. The van der Waals surface area contributed by atoms with Crippen molar-refractivity contribution in [3.05, 3.63) is 41.4 Å². The quantitative estimate of drug-likeness (QED) is 0.596. The number of benzene rings is 1. The van der Waals surface area contributed by atoms with Gasteiger partial charge in [-0.2, -0.15) is 0 Å². The molecule has 0 amide bonds. The van der Waals surface area contributed by atoms with Gasteiger partial charge in [0.1, 0.15) is 5.75 Å². The third-order valence-electron chi connectivity index (χ3n) is 2.07. The number of nitrogens with two attached hydrogens (primary N) is 1. The molecule has 15 heavy (non-hydrogen) atoms. The molecule has 0 aliphatic heterocycles. The van der Waals surface area contributed by atoms with E-state index in [1.54, 1.807) is 0 Å². The van der Waals surface area contributed by atoms with Crippen LogP contribution in [0.5, 0.6) is 5.75 Å². The van der Waals surface area contributed by atoms with Crippen LogP contribution in [-0.4, -0.2) is 6.61 Å². The molecule has 1 rings (SSSR count). The van der Waals surface area contributed by atoms with Gasteiger partial charge in [-0.25, -0.2) is 0 Å². The van der Waals surface area contributed by atoms with Crippen LogP contribution in [0.25, 0.3) is 0 Å². The number of allylic oxidation sites excluding steroid dienone is 1. The van der Waals surface area contributed by atoms with Gasteiger partial charge in [0.25, 0.3) is 0 Å². The second kappa shape index (κ2) is 6.49. The summed E-state index contributed by atoms with van der Waals surface area (Å²) in [7, 11) is 0. The molecule has 82 valence electrons. The number of ether oxygens (including phenoxy) is 1. The molecule has 3 heteroatoms. The topological polar surface area (TPSA) is 35.2 Å². The number of unbranched alkanes of at least 4 members (excludes halogenated alkanes) is 1. The predicted molar refractivity (Wildman–Crippen MR) is 64.3 cm³/mol. The molecule has 0 fully saturated rings. The fraction of sp³-hybridized carbons (Fsp3) is 0.333. The maximum Gasteiger partial charge on any atom is 0.142 e. The molecular weight excluding hydrogens is 210 g/mol. The van der Waals surface area contributed by atoms with E-state index in [0.29, 0.717) is 23.9 Å². The summed E-state index contributed by atoms with van der Waals surface area (Å²) in [6.45, 7) is 4.74. The van der Waals surface area contributed by atoms with Crippen LogP contribution < -0.4 is 10.5 Å². The van der Waals surface area contributed by atoms with Gasteiger partial charge in [0.15, 0.2) is 0 Å². The van der Waals surface area contributed by atoms with Gasteiger partial charge in [-0.3, -0.25) is 0 Å². The van der Waals surface area contributed by atoms with Gasteiger partial charge >= 0.3 is 0 Å². The summed E-state index contributed by atoms with van der Waals surface area (Å²) in [6.07, 6.45) is 3.76. The highest BCUT2D eigenvalue weighted by molar-refractivity contribution is 6.32. The smallest absolute Gasteiger partial charge is 0.142 e. The number of hydrogen-bond acceptors (Lipinski definition) is 2. The second-order valence-corrected chi connectivity index (χ2v) is 3.62. The van der Waals surface area contributed by atoms with Crippen molar-refractivity contribution in [1.29, 1.82) is 0 Å². The second-order valence-electron chi connectivity index (χ2n) is 3.21. The zero-order valence-corrected chi connectivity index (χ0v) is 9.46. The molecule has 0 heterocycles. The standard InChI is InChI=1S/C12H16ClNO/c1-2-3-4-8-15-12-10(9-14)6-5-7-11(12)13/h2,5-7H,1,3-4,8-9,14H2.